The molecular weight excluding hydrogens is 214 g/mol. The van der Waals surface area contributed by atoms with Crippen LogP contribution in [0, 0.1) is 0 Å². The normalized spacial score (nSPS) is 19.6. The number of nitrogens with one attached hydrogen (secondary N) is 2. The monoisotopic (exact) mass is 241 g/mol. The lowest BCUT2D eigenvalue weighted by Gasteiger charge is -2.36. The third-order valence-corrected chi connectivity index (χ3v) is 3.79. The predicted octanol–water partition coefficient (Wildman–Crippen LogP) is 0.973. The van der Waals surface area contributed by atoms with E-state index in [4.69, 9.17) is 0 Å². The lowest BCUT2D eigenvalue weighted by atomic mass is 10.00. The molecular formula is C13H27N3O. The third kappa shape index (κ3) is 3.96. The van der Waals surface area contributed by atoms with Gasteiger partial charge in [0, 0.05) is 25.2 Å². The Morgan fingerprint density at radius 3 is 2.24 bits per heavy atom. The second-order valence-electron chi connectivity index (χ2n) is 5.75. The van der Waals surface area contributed by atoms with Crippen LogP contribution in [0.25, 0.3) is 0 Å². The van der Waals surface area contributed by atoms with Crippen LogP contribution in [0.4, 0.5) is 0 Å². The minimum atomic E-state index is -0.477. The first kappa shape index (κ1) is 14.5. The molecule has 2 N–H and O–H groups in total. The van der Waals surface area contributed by atoms with Gasteiger partial charge in [-0.15, -0.1) is 0 Å². The summed E-state index contributed by atoms with van der Waals surface area (Å²) in [5.41, 5.74) is -0.477. The molecule has 0 atom stereocenters. The van der Waals surface area contributed by atoms with Crippen molar-refractivity contribution < 1.29 is 4.79 Å². The fourth-order valence-corrected chi connectivity index (χ4v) is 2.04. The van der Waals surface area contributed by atoms with Crippen LogP contribution in [0.15, 0.2) is 0 Å². The van der Waals surface area contributed by atoms with E-state index in [1.54, 1.807) is 0 Å². The van der Waals surface area contributed by atoms with E-state index in [0.717, 1.165) is 25.9 Å². The van der Waals surface area contributed by atoms with Gasteiger partial charge in [-0.1, -0.05) is 0 Å². The van der Waals surface area contributed by atoms with Gasteiger partial charge in [0.2, 0.25) is 5.91 Å². The van der Waals surface area contributed by atoms with E-state index in [2.05, 4.69) is 29.4 Å². The van der Waals surface area contributed by atoms with Crippen molar-refractivity contribution in [3.05, 3.63) is 0 Å². The molecule has 1 amide bonds. The molecule has 1 aliphatic rings. The van der Waals surface area contributed by atoms with Crippen LogP contribution in [0.1, 0.15) is 40.5 Å². The van der Waals surface area contributed by atoms with Crippen LogP contribution >= 0.6 is 0 Å². The molecule has 0 aromatic heterocycles. The van der Waals surface area contributed by atoms with Gasteiger partial charge in [0.1, 0.15) is 0 Å². The average Bonchev–Trinajstić information content (AvgIpc) is 2.29. The number of amides is 1. The number of carbonyl (C=O) groups excluding carboxylic acids is 1. The summed E-state index contributed by atoms with van der Waals surface area (Å²) >= 11 is 0. The SMILES string of the molecule is CNC(C)(C)C(=O)NC1CCN(C(C)C)CC1. The summed E-state index contributed by atoms with van der Waals surface area (Å²) in [7, 11) is 1.82. The summed E-state index contributed by atoms with van der Waals surface area (Å²) in [5, 5.41) is 6.18. The molecule has 17 heavy (non-hydrogen) atoms. The summed E-state index contributed by atoms with van der Waals surface area (Å²) < 4.78 is 0. The molecule has 0 aromatic carbocycles. The van der Waals surface area contributed by atoms with Crippen LogP contribution in [0.2, 0.25) is 0 Å². The van der Waals surface area contributed by atoms with Gasteiger partial charge in [-0.3, -0.25) is 4.79 Å². The zero-order valence-electron chi connectivity index (χ0n) is 11.8. The van der Waals surface area contributed by atoms with Crippen molar-refractivity contribution in [1.29, 1.82) is 0 Å². The molecule has 4 heteroatoms. The lowest BCUT2D eigenvalue weighted by Crippen LogP contribution is -2.55. The Balaban J connectivity index is 2.38. The molecule has 1 rings (SSSR count). The summed E-state index contributed by atoms with van der Waals surface area (Å²) in [4.78, 5) is 14.5. The average molecular weight is 241 g/mol. The number of likely N-dealkylation sites (tertiary alicyclic amines) is 1. The number of nitrogens with zero attached hydrogens (tertiary/aromatic N) is 1. The number of hydrogen-bond donors (Lipinski definition) is 2. The first-order valence-corrected chi connectivity index (χ1v) is 6.60. The van der Waals surface area contributed by atoms with Crippen molar-refractivity contribution in [2.24, 2.45) is 0 Å². The molecule has 0 unspecified atom stereocenters. The Kier molecular flexibility index (Phi) is 4.95. The van der Waals surface area contributed by atoms with Gasteiger partial charge < -0.3 is 15.5 Å². The van der Waals surface area contributed by atoms with Crippen LogP contribution in [0.5, 0.6) is 0 Å². The van der Waals surface area contributed by atoms with E-state index in [1.165, 1.54) is 0 Å². The standard InChI is InChI=1S/C13H27N3O/c1-10(2)16-8-6-11(7-9-16)15-12(17)13(3,4)14-5/h10-11,14H,6-9H2,1-5H3,(H,15,17). The number of hydrogen-bond acceptors (Lipinski definition) is 3. The van der Waals surface area contributed by atoms with E-state index >= 15 is 0 Å². The van der Waals surface area contributed by atoms with Gasteiger partial charge in [-0.05, 0) is 47.6 Å². The maximum absolute atomic E-state index is 12.0. The Labute approximate surface area is 105 Å². The van der Waals surface area contributed by atoms with E-state index in [1.807, 2.05) is 20.9 Å². The highest BCUT2D eigenvalue weighted by Gasteiger charge is 2.29. The minimum Gasteiger partial charge on any atom is -0.352 e. The fraction of sp³-hybridized carbons (Fsp3) is 0.923. The highest BCUT2D eigenvalue weighted by Crippen LogP contribution is 2.14. The number of rotatable bonds is 4. The molecule has 1 heterocycles. The minimum absolute atomic E-state index is 0.1000. The van der Waals surface area contributed by atoms with Crippen LogP contribution in [-0.4, -0.2) is 48.6 Å². The van der Waals surface area contributed by atoms with Gasteiger partial charge in [0.15, 0.2) is 0 Å². The molecule has 1 saturated heterocycles. The van der Waals surface area contributed by atoms with Crippen molar-refractivity contribution in [3.63, 3.8) is 0 Å². The van der Waals surface area contributed by atoms with Crippen LogP contribution < -0.4 is 10.6 Å². The van der Waals surface area contributed by atoms with Gasteiger partial charge in [0.05, 0.1) is 5.54 Å². The van der Waals surface area contributed by atoms with E-state index in [-0.39, 0.29) is 5.91 Å². The molecule has 1 aliphatic heterocycles. The molecule has 0 bridgehead atoms. The van der Waals surface area contributed by atoms with Crippen molar-refractivity contribution in [2.75, 3.05) is 20.1 Å². The first-order chi connectivity index (χ1) is 7.86. The summed E-state index contributed by atoms with van der Waals surface area (Å²) in [5.74, 6) is 0.1000. The second kappa shape index (κ2) is 5.83. The van der Waals surface area contributed by atoms with Crippen molar-refractivity contribution in [2.45, 2.75) is 58.2 Å². The first-order valence-electron chi connectivity index (χ1n) is 6.60. The third-order valence-electron chi connectivity index (χ3n) is 3.79. The number of carbonyl (C=O) groups is 1. The maximum atomic E-state index is 12.0. The van der Waals surface area contributed by atoms with E-state index in [0.29, 0.717) is 12.1 Å². The zero-order chi connectivity index (χ0) is 13.1. The molecule has 0 spiro atoms. The highest BCUT2D eigenvalue weighted by atomic mass is 16.2. The summed E-state index contributed by atoms with van der Waals surface area (Å²) in [6, 6.07) is 0.950. The van der Waals surface area contributed by atoms with Crippen LogP contribution in [0.3, 0.4) is 0 Å². The van der Waals surface area contributed by atoms with E-state index in [9.17, 15) is 4.79 Å². The van der Waals surface area contributed by atoms with E-state index < -0.39 is 5.54 Å². The van der Waals surface area contributed by atoms with Crippen molar-refractivity contribution in [3.8, 4) is 0 Å². The quantitative estimate of drug-likeness (QED) is 0.771. The summed E-state index contributed by atoms with van der Waals surface area (Å²) in [6.07, 6.45) is 2.12. The highest BCUT2D eigenvalue weighted by molar-refractivity contribution is 5.85. The predicted molar refractivity (Wildman–Crippen MR) is 71.0 cm³/mol. The van der Waals surface area contributed by atoms with Gasteiger partial charge in [0.25, 0.3) is 0 Å². The van der Waals surface area contributed by atoms with Crippen molar-refractivity contribution >= 4 is 5.91 Å². The molecule has 0 aromatic rings. The number of piperidine rings is 1. The maximum Gasteiger partial charge on any atom is 0.239 e. The molecule has 1 fully saturated rings. The Morgan fingerprint density at radius 1 is 1.29 bits per heavy atom. The lowest BCUT2D eigenvalue weighted by molar-refractivity contribution is -0.127. The topological polar surface area (TPSA) is 44.4 Å². The molecule has 0 saturated carbocycles. The molecule has 100 valence electrons. The summed E-state index contributed by atoms with van der Waals surface area (Å²) in [6.45, 7) is 10.4. The van der Waals surface area contributed by atoms with Gasteiger partial charge >= 0.3 is 0 Å². The molecule has 0 radical (unpaired) electrons. The molecule has 0 aliphatic carbocycles. The van der Waals surface area contributed by atoms with Crippen LogP contribution in [-0.2, 0) is 4.79 Å². The zero-order valence-corrected chi connectivity index (χ0v) is 11.8. The van der Waals surface area contributed by atoms with Crippen molar-refractivity contribution in [1.82, 2.24) is 15.5 Å². The Bertz CT molecular complexity index is 255. The number of likely N-dealkylation sites (N-methyl/N-ethyl adjacent to an activating group) is 1. The second-order valence-corrected chi connectivity index (χ2v) is 5.75. The fourth-order valence-electron chi connectivity index (χ4n) is 2.04. The molecule has 4 nitrogen and oxygen atoms in total. The Morgan fingerprint density at radius 2 is 1.82 bits per heavy atom. The van der Waals surface area contributed by atoms with Gasteiger partial charge in [-0.25, -0.2) is 0 Å². The van der Waals surface area contributed by atoms with Gasteiger partial charge in [-0.2, -0.15) is 0 Å². The largest absolute Gasteiger partial charge is 0.352 e. The smallest absolute Gasteiger partial charge is 0.239 e. The Hall–Kier alpha value is -0.610.